The molecule has 7 nitrogen and oxygen atoms in total. The smallest absolute Gasteiger partial charge is 0.312 e. The molecular formula is C15H14ClNO6. The number of likely N-dealkylation sites (tertiary alicyclic amines) is 1. The summed E-state index contributed by atoms with van der Waals surface area (Å²) in [5.74, 6) is -2.33. The molecule has 1 aliphatic carbocycles. The fourth-order valence-electron chi connectivity index (χ4n) is 3.23. The fraction of sp³-hybridized carbons (Fsp3) is 0.400. The van der Waals surface area contributed by atoms with Gasteiger partial charge < -0.3 is 19.8 Å². The van der Waals surface area contributed by atoms with Gasteiger partial charge in [-0.25, -0.2) is 0 Å². The van der Waals surface area contributed by atoms with E-state index in [-0.39, 0.29) is 26.1 Å². The number of rotatable bonds is 5. The lowest BCUT2D eigenvalue weighted by molar-refractivity contribution is -0.151. The van der Waals surface area contributed by atoms with Gasteiger partial charge in [0.1, 0.15) is 16.6 Å². The predicted molar refractivity (Wildman–Crippen MR) is 78.3 cm³/mol. The molecule has 1 amide bonds. The Morgan fingerprint density at radius 2 is 1.61 bits per heavy atom. The summed E-state index contributed by atoms with van der Waals surface area (Å²) in [5, 5.41) is 19.2. The average molecular weight is 340 g/mol. The molecule has 2 aliphatic rings. The summed E-state index contributed by atoms with van der Waals surface area (Å²) in [6.45, 7) is -0.484. The molecule has 1 saturated heterocycles. The summed E-state index contributed by atoms with van der Waals surface area (Å²) in [5.41, 5.74) is -2.73. The molecule has 0 bridgehead atoms. The van der Waals surface area contributed by atoms with Crippen molar-refractivity contribution in [3.05, 3.63) is 29.3 Å². The monoisotopic (exact) mass is 339 g/mol. The SMILES string of the molecule is O=C(COc1ccc(Cl)cc1)N1C[C@@]2(C(=O)O)C[C@@]2(C(=O)O)C1. The van der Waals surface area contributed by atoms with Gasteiger partial charge in [-0.15, -0.1) is 0 Å². The van der Waals surface area contributed by atoms with Crippen LogP contribution in [-0.2, 0) is 14.4 Å². The van der Waals surface area contributed by atoms with Gasteiger partial charge >= 0.3 is 11.9 Å². The van der Waals surface area contributed by atoms with E-state index in [0.29, 0.717) is 10.8 Å². The molecule has 1 aliphatic heterocycles. The number of amides is 1. The van der Waals surface area contributed by atoms with Crippen LogP contribution in [0.15, 0.2) is 24.3 Å². The van der Waals surface area contributed by atoms with Crippen LogP contribution in [0.4, 0.5) is 0 Å². The first-order valence-corrected chi connectivity index (χ1v) is 7.31. The number of fused-ring (bicyclic) bond motifs is 1. The van der Waals surface area contributed by atoms with Crippen molar-refractivity contribution in [2.24, 2.45) is 10.8 Å². The van der Waals surface area contributed by atoms with Gasteiger partial charge in [0.05, 0.1) is 0 Å². The molecule has 2 atom stereocenters. The van der Waals surface area contributed by atoms with Gasteiger partial charge in [-0.1, -0.05) is 11.6 Å². The van der Waals surface area contributed by atoms with E-state index in [0.717, 1.165) is 0 Å². The van der Waals surface area contributed by atoms with E-state index in [1.54, 1.807) is 24.3 Å². The van der Waals surface area contributed by atoms with Crippen LogP contribution in [0.3, 0.4) is 0 Å². The number of benzene rings is 1. The topological polar surface area (TPSA) is 104 Å². The molecule has 1 saturated carbocycles. The molecular weight excluding hydrogens is 326 g/mol. The zero-order chi connectivity index (χ0) is 16.8. The molecule has 0 spiro atoms. The largest absolute Gasteiger partial charge is 0.484 e. The van der Waals surface area contributed by atoms with E-state index in [1.807, 2.05) is 0 Å². The minimum atomic E-state index is -1.37. The van der Waals surface area contributed by atoms with Gasteiger partial charge in [-0.3, -0.25) is 14.4 Å². The highest BCUT2D eigenvalue weighted by molar-refractivity contribution is 6.30. The summed E-state index contributed by atoms with van der Waals surface area (Å²) in [6, 6.07) is 6.44. The number of carboxylic acid groups (broad SMARTS) is 2. The van der Waals surface area contributed by atoms with Crippen LogP contribution < -0.4 is 4.74 Å². The Labute approximate surface area is 136 Å². The minimum absolute atomic E-state index is 0.0620. The standard InChI is InChI=1S/C15H14ClNO6/c16-9-1-3-10(4-2-9)23-5-11(18)17-7-14(12(19)20)6-15(14,8-17)13(21)22/h1-4H,5-8H2,(H,19,20)(H,21,22)/t14-,15+. The average Bonchev–Trinajstić information content (AvgIpc) is 3.05. The van der Waals surface area contributed by atoms with Crippen molar-refractivity contribution >= 4 is 29.4 Å². The number of carbonyl (C=O) groups excluding carboxylic acids is 1. The number of carboxylic acids is 2. The number of hydrogen-bond donors (Lipinski definition) is 2. The Balaban J connectivity index is 1.65. The van der Waals surface area contributed by atoms with Gasteiger partial charge in [0.15, 0.2) is 6.61 Å². The van der Waals surface area contributed by atoms with Gasteiger partial charge in [0.25, 0.3) is 5.91 Å². The summed E-state index contributed by atoms with van der Waals surface area (Å²) < 4.78 is 5.33. The van der Waals surface area contributed by atoms with Crippen molar-refractivity contribution in [3.8, 4) is 5.75 Å². The van der Waals surface area contributed by atoms with Crippen LogP contribution in [-0.4, -0.2) is 52.7 Å². The first-order valence-electron chi connectivity index (χ1n) is 6.94. The zero-order valence-electron chi connectivity index (χ0n) is 12.0. The zero-order valence-corrected chi connectivity index (χ0v) is 12.7. The van der Waals surface area contributed by atoms with Crippen molar-refractivity contribution in [2.45, 2.75) is 6.42 Å². The highest BCUT2D eigenvalue weighted by Crippen LogP contribution is 2.68. The molecule has 8 heteroatoms. The van der Waals surface area contributed by atoms with Gasteiger partial charge in [-0.2, -0.15) is 0 Å². The number of aliphatic carboxylic acids is 2. The third-order valence-corrected chi connectivity index (χ3v) is 4.92. The van der Waals surface area contributed by atoms with Crippen LogP contribution in [0.2, 0.25) is 5.02 Å². The quantitative estimate of drug-likeness (QED) is 0.832. The number of carbonyl (C=O) groups is 3. The van der Waals surface area contributed by atoms with E-state index in [1.165, 1.54) is 4.90 Å². The normalized spacial score (nSPS) is 28.1. The maximum atomic E-state index is 12.2. The van der Waals surface area contributed by atoms with Crippen LogP contribution in [0.1, 0.15) is 6.42 Å². The Bertz CT molecular complexity index is 662. The number of ether oxygens (including phenoxy) is 1. The van der Waals surface area contributed by atoms with Crippen molar-refractivity contribution in [3.63, 3.8) is 0 Å². The summed E-state index contributed by atoms with van der Waals surface area (Å²) in [6.07, 6.45) is 0.0620. The second kappa shape index (κ2) is 5.13. The molecule has 23 heavy (non-hydrogen) atoms. The van der Waals surface area contributed by atoms with Gasteiger partial charge in [0, 0.05) is 18.1 Å². The first-order chi connectivity index (χ1) is 10.8. The van der Waals surface area contributed by atoms with Crippen molar-refractivity contribution in [1.82, 2.24) is 4.90 Å². The summed E-state index contributed by atoms with van der Waals surface area (Å²) >= 11 is 5.75. The molecule has 2 N–H and O–H groups in total. The molecule has 1 heterocycles. The van der Waals surface area contributed by atoms with Crippen LogP contribution >= 0.6 is 11.6 Å². The molecule has 3 rings (SSSR count). The predicted octanol–water partition coefficient (Wildman–Crippen LogP) is 1.11. The van der Waals surface area contributed by atoms with Crippen LogP contribution in [0, 0.1) is 10.8 Å². The maximum absolute atomic E-state index is 12.2. The van der Waals surface area contributed by atoms with E-state index < -0.39 is 28.7 Å². The van der Waals surface area contributed by atoms with E-state index >= 15 is 0 Å². The highest BCUT2D eigenvalue weighted by Gasteiger charge is 2.81. The molecule has 1 aromatic carbocycles. The molecule has 122 valence electrons. The Morgan fingerprint density at radius 3 is 2.09 bits per heavy atom. The summed E-state index contributed by atoms with van der Waals surface area (Å²) in [7, 11) is 0. The molecule has 0 aromatic heterocycles. The van der Waals surface area contributed by atoms with Crippen molar-refractivity contribution < 1.29 is 29.3 Å². The van der Waals surface area contributed by atoms with Crippen molar-refractivity contribution in [2.75, 3.05) is 19.7 Å². The Hall–Kier alpha value is -2.28. The lowest BCUT2D eigenvalue weighted by atomic mass is 9.97. The Kier molecular flexibility index (Phi) is 3.48. The van der Waals surface area contributed by atoms with Crippen LogP contribution in [0.25, 0.3) is 0 Å². The van der Waals surface area contributed by atoms with Gasteiger partial charge in [-0.05, 0) is 30.7 Å². The second-order valence-corrected chi connectivity index (χ2v) is 6.38. The van der Waals surface area contributed by atoms with E-state index in [9.17, 15) is 24.6 Å². The second-order valence-electron chi connectivity index (χ2n) is 5.94. The minimum Gasteiger partial charge on any atom is -0.484 e. The lowest BCUT2D eigenvalue weighted by Crippen LogP contribution is -2.37. The fourth-order valence-corrected chi connectivity index (χ4v) is 3.36. The first kappa shape index (κ1) is 15.6. The lowest BCUT2D eigenvalue weighted by Gasteiger charge is -2.20. The van der Waals surface area contributed by atoms with E-state index in [4.69, 9.17) is 16.3 Å². The molecule has 0 unspecified atom stereocenters. The molecule has 1 aromatic rings. The van der Waals surface area contributed by atoms with Gasteiger partial charge in [0.2, 0.25) is 0 Å². The third kappa shape index (κ3) is 2.31. The van der Waals surface area contributed by atoms with Crippen LogP contribution in [0.5, 0.6) is 5.75 Å². The number of hydrogen-bond acceptors (Lipinski definition) is 4. The number of halogens is 1. The Morgan fingerprint density at radius 1 is 1.09 bits per heavy atom. The molecule has 2 fully saturated rings. The third-order valence-electron chi connectivity index (χ3n) is 4.66. The van der Waals surface area contributed by atoms with E-state index in [2.05, 4.69) is 0 Å². The maximum Gasteiger partial charge on any atom is 0.312 e. The molecule has 0 radical (unpaired) electrons. The van der Waals surface area contributed by atoms with Crippen molar-refractivity contribution in [1.29, 1.82) is 0 Å². The summed E-state index contributed by atoms with van der Waals surface area (Å²) in [4.78, 5) is 36.2. The highest BCUT2D eigenvalue weighted by atomic mass is 35.5. The number of piperidine rings is 1. The number of nitrogens with zero attached hydrogens (tertiary/aromatic N) is 1.